The molecule has 0 amide bonds. The minimum Gasteiger partial charge on any atom is -0.393 e. The fourth-order valence-corrected chi connectivity index (χ4v) is 2.88. The molecule has 4 nitrogen and oxygen atoms in total. The molecule has 1 aromatic carbocycles. The molecule has 4 heteroatoms. The van der Waals surface area contributed by atoms with Crippen LogP contribution in [0.15, 0.2) is 18.2 Å². The highest BCUT2D eigenvalue weighted by Gasteiger charge is 2.22. The molecule has 1 heterocycles. The summed E-state index contributed by atoms with van der Waals surface area (Å²) in [6.45, 7) is 7.00. The van der Waals surface area contributed by atoms with Crippen LogP contribution in [0.3, 0.4) is 0 Å². The number of rotatable bonds is 4. The summed E-state index contributed by atoms with van der Waals surface area (Å²) in [4.78, 5) is 2.44. The molecule has 1 unspecified atom stereocenters. The molecule has 110 valence electrons. The van der Waals surface area contributed by atoms with Gasteiger partial charge in [0.1, 0.15) is 5.84 Å². The van der Waals surface area contributed by atoms with E-state index in [1.54, 1.807) is 0 Å². The van der Waals surface area contributed by atoms with E-state index in [1.807, 2.05) is 19.1 Å². The molecule has 0 aliphatic carbocycles. The molecule has 1 aliphatic rings. The van der Waals surface area contributed by atoms with E-state index in [-0.39, 0.29) is 11.9 Å². The normalized spacial score (nSPS) is 18.9. The summed E-state index contributed by atoms with van der Waals surface area (Å²) in [6.07, 6.45) is 1.96. The first-order chi connectivity index (χ1) is 9.47. The van der Waals surface area contributed by atoms with E-state index in [1.165, 1.54) is 11.1 Å². The van der Waals surface area contributed by atoms with E-state index >= 15 is 0 Å². The second-order valence-electron chi connectivity index (χ2n) is 5.91. The van der Waals surface area contributed by atoms with Crippen LogP contribution in [-0.4, -0.2) is 35.0 Å². The number of nitrogens with zero attached hydrogens (tertiary/aromatic N) is 1. The van der Waals surface area contributed by atoms with E-state index < -0.39 is 0 Å². The summed E-state index contributed by atoms with van der Waals surface area (Å²) in [5, 5.41) is 17.1. The van der Waals surface area contributed by atoms with Gasteiger partial charge in [-0.25, -0.2) is 0 Å². The number of likely N-dealkylation sites (tertiary alicyclic amines) is 1. The monoisotopic (exact) mass is 275 g/mol. The van der Waals surface area contributed by atoms with Gasteiger partial charge in [0.15, 0.2) is 0 Å². The topological polar surface area (TPSA) is 73.3 Å². The van der Waals surface area contributed by atoms with Gasteiger partial charge in [0.25, 0.3) is 0 Å². The predicted octanol–water partition coefficient (Wildman–Crippen LogP) is 1.87. The number of aliphatic hydroxyl groups excluding tert-OH is 1. The summed E-state index contributed by atoms with van der Waals surface area (Å²) in [6, 6.07) is 5.99. The fourth-order valence-electron chi connectivity index (χ4n) is 2.88. The minimum atomic E-state index is -0.186. The Morgan fingerprint density at radius 1 is 1.45 bits per heavy atom. The van der Waals surface area contributed by atoms with Gasteiger partial charge in [-0.05, 0) is 62.9 Å². The molecule has 0 spiro atoms. The van der Waals surface area contributed by atoms with Gasteiger partial charge in [-0.3, -0.25) is 10.3 Å². The van der Waals surface area contributed by atoms with Crippen molar-refractivity contribution >= 4 is 5.84 Å². The number of amidine groups is 1. The summed E-state index contributed by atoms with van der Waals surface area (Å²) in [7, 11) is 0. The highest BCUT2D eigenvalue weighted by atomic mass is 16.3. The molecule has 2 rings (SSSR count). The first kappa shape index (κ1) is 15.0. The number of aryl methyl sites for hydroxylation is 1. The third-order valence-corrected chi connectivity index (χ3v) is 4.36. The largest absolute Gasteiger partial charge is 0.393 e. The Hall–Kier alpha value is -1.39. The molecule has 4 N–H and O–H groups in total. The van der Waals surface area contributed by atoms with Crippen molar-refractivity contribution in [1.82, 2.24) is 4.90 Å². The third kappa shape index (κ3) is 3.58. The van der Waals surface area contributed by atoms with Crippen LogP contribution in [0, 0.1) is 18.3 Å². The van der Waals surface area contributed by atoms with Crippen molar-refractivity contribution < 1.29 is 5.11 Å². The molecule has 0 aromatic heterocycles. The summed E-state index contributed by atoms with van der Waals surface area (Å²) in [5.74, 6) is 0.574. The second-order valence-corrected chi connectivity index (χ2v) is 5.91. The lowest BCUT2D eigenvalue weighted by atomic mass is 9.92. The van der Waals surface area contributed by atoms with Gasteiger partial charge in [0.2, 0.25) is 0 Å². The van der Waals surface area contributed by atoms with Crippen LogP contribution in [0.4, 0.5) is 0 Å². The van der Waals surface area contributed by atoms with Crippen LogP contribution in [0.2, 0.25) is 0 Å². The number of hydrogen-bond acceptors (Lipinski definition) is 3. The van der Waals surface area contributed by atoms with Crippen LogP contribution in [0.1, 0.15) is 36.5 Å². The van der Waals surface area contributed by atoms with Crippen LogP contribution in [0.25, 0.3) is 0 Å². The molecule has 0 saturated carbocycles. The molecule has 20 heavy (non-hydrogen) atoms. The number of nitrogen functional groups attached to an aromatic ring is 1. The van der Waals surface area contributed by atoms with E-state index in [0.717, 1.165) is 38.0 Å². The Bertz CT molecular complexity index is 477. The second kappa shape index (κ2) is 6.37. The van der Waals surface area contributed by atoms with Crippen molar-refractivity contribution in [3.8, 4) is 0 Å². The van der Waals surface area contributed by atoms with E-state index in [4.69, 9.17) is 11.1 Å². The number of hydrogen-bond donors (Lipinski definition) is 3. The van der Waals surface area contributed by atoms with Gasteiger partial charge in [-0.15, -0.1) is 0 Å². The van der Waals surface area contributed by atoms with Crippen molar-refractivity contribution in [2.75, 3.05) is 13.1 Å². The molecular weight excluding hydrogens is 250 g/mol. The van der Waals surface area contributed by atoms with E-state index in [9.17, 15) is 5.11 Å². The molecule has 1 fully saturated rings. The number of benzene rings is 1. The molecule has 1 saturated heterocycles. The Balaban J connectivity index is 1.96. The van der Waals surface area contributed by atoms with Crippen molar-refractivity contribution in [2.24, 2.45) is 11.7 Å². The molecule has 0 bridgehead atoms. The molecule has 1 aliphatic heterocycles. The lowest BCUT2D eigenvalue weighted by molar-refractivity contribution is 0.0695. The Kier molecular flexibility index (Phi) is 4.78. The minimum absolute atomic E-state index is 0.123. The maximum absolute atomic E-state index is 9.63. The molecule has 0 radical (unpaired) electrons. The predicted molar refractivity (Wildman–Crippen MR) is 81.9 cm³/mol. The van der Waals surface area contributed by atoms with Gasteiger partial charge in [0.05, 0.1) is 6.10 Å². The van der Waals surface area contributed by atoms with Gasteiger partial charge < -0.3 is 10.8 Å². The highest BCUT2D eigenvalue weighted by molar-refractivity contribution is 5.95. The molecule has 1 atom stereocenters. The maximum Gasteiger partial charge on any atom is 0.122 e. The summed E-state index contributed by atoms with van der Waals surface area (Å²) < 4.78 is 0. The lowest BCUT2D eigenvalue weighted by Crippen LogP contribution is -2.36. The zero-order chi connectivity index (χ0) is 14.7. The van der Waals surface area contributed by atoms with E-state index in [0.29, 0.717) is 5.92 Å². The quantitative estimate of drug-likeness (QED) is 0.580. The standard InChI is InChI=1S/C16H25N3O/c1-11-9-14(16(17)18)3-4-15(11)10-19-7-5-13(6-8-19)12(2)20/h3-4,9,12-13,20H,5-8,10H2,1-2H3,(H3,17,18). The average Bonchev–Trinajstić information content (AvgIpc) is 2.41. The van der Waals surface area contributed by atoms with Crippen LogP contribution < -0.4 is 5.73 Å². The first-order valence-electron chi connectivity index (χ1n) is 7.31. The van der Waals surface area contributed by atoms with Crippen molar-refractivity contribution in [2.45, 2.75) is 39.3 Å². The smallest absolute Gasteiger partial charge is 0.122 e. The first-order valence-corrected chi connectivity index (χ1v) is 7.31. The van der Waals surface area contributed by atoms with E-state index in [2.05, 4.69) is 17.9 Å². The van der Waals surface area contributed by atoms with Crippen molar-refractivity contribution in [3.05, 3.63) is 34.9 Å². The van der Waals surface area contributed by atoms with Gasteiger partial charge in [-0.1, -0.05) is 12.1 Å². The third-order valence-electron chi connectivity index (χ3n) is 4.36. The lowest BCUT2D eigenvalue weighted by Gasteiger charge is -2.33. The van der Waals surface area contributed by atoms with Crippen molar-refractivity contribution in [3.63, 3.8) is 0 Å². The number of nitrogens with two attached hydrogens (primary N) is 1. The molecular formula is C16H25N3O. The average molecular weight is 275 g/mol. The molecule has 1 aromatic rings. The Morgan fingerprint density at radius 3 is 2.60 bits per heavy atom. The zero-order valence-corrected chi connectivity index (χ0v) is 12.4. The number of nitrogens with one attached hydrogen (secondary N) is 1. The SMILES string of the molecule is Cc1cc(C(=N)N)ccc1CN1CCC(C(C)O)CC1. The summed E-state index contributed by atoms with van der Waals surface area (Å²) >= 11 is 0. The van der Waals surface area contributed by atoms with Crippen LogP contribution in [-0.2, 0) is 6.54 Å². The van der Waals surface area contributed by atoms with Crippen LogP contribution >= 0.6 is 0 Å². The van der Waals surface area contributed by atoms with Crippen molar-refractivity contribution in [1.29, 1.82) is 5.41 Å². The van der Waals surface area contributed by atoms with Gasteiger partial charge >= 0.3 is 0 Å². The number of aliphatic hydroxyl groups is 1. The van der Waals surface area contributed by atoms with Gasteiger partial charge in [0, 0.05) is 12.1 Å². The highest BCUT2D eigenvalue weighted by Crippen LogP contribution is 2.22. The maximum atomic E-state index is 9.63. The Labute approximate surface area is 121 Å². The van der Waals surface area contributed by atoms with Gasteiger partial charge in [-0.2, -0.15) is 0 Å². The number of piperidine rings is 1. The summed E-state index contributed by atoms with van der Waals surface area (Å²) in [5.41, 5.74) is 8.79. The fraction of sp³-hybridized carbons (Fsp3) is 0.562. The Morgan fingerprint density at radius 2 is 2.10 bits per heavy atom. The van der Waals surface area contributed by atoms with Crippen LogP contribution in [0.5, 0.6) is 0 Å². The zero-order valence-electron chi connectivity index (χ0n) is 12.4.